The van der Waals surface area contributed by atoms with Crippen molar-refractivity contribution in [3.05, 3.63) is 101 Å². The van der Waals surface area contributed by atoms with E-state index in [2.05, 4.69) is 6.07 Å². The third-order valence-electron chi connectivity index (χ3n) is 6.99. The van der Waals surface area contributed by atoms with Crippen molar-refractivity contribution < 1.29 is 18.7 Å². The Labute approximate surface area is 202 Å². The maximum atomic E-state index is 14.1. The first-order chi connectivity index (χ1) is 16.9. The highest BCUT2D eigenvalue weighted by atomic mass is 19.1. The molecular formula is C28H22FN3O3. The summed E-state index contributed by atoms with van der Waals surface area (Å²) in [7, 11) is 1.54. The maximum absolute atomic E-state index is 14.1. The Morgan fingerprint density at radius 2 is 1.80 bits per heavy atom. The van der Waals surface area contributed by atoms with E-state index in [1.165, 1.54) is 19.2 Å². The van der Waals surface area contributed by atoms with Crippen LogP contribution in [0.25, 0.3) is 6.08 Å². The number of primary amides is 1. The van der Waals surface area contributed by atoms with E-state index < -0.39 is 35.1 Å². The number of rotatable bonds is 5. The minimum Gasteiger partial charge on any atom is -0.497 e. The standard InChI is InChI=1S/C28H22FN3O3/c1-35-21-11-7-17(8-12-21)24-25(26(33)18-5-3-2-4-6-18)32-22-13-10-20(29)15-19(22)9-14-23(32)28(24,16-30)27(31)34/h2-15,23-25H,1H3,(H2,31,34). The molecule has 1 saturated heterocycles. The molecule has 0 saturated carbocycles. The van der Waals surface area contributed by atoms with E-state index in [0.29, 0.717) is 28.1 Å². The number of halogens is 1. The molecule has 2 aliphatic heterocycles. The van der Waals surface area contributed by atoms with Crippen LogP contribution in [0.4, 0.5) is 10.1 Å². The van der Waals surface area contributed by atoms with Gasteiger partial charge in [-0.3, -0.25) is 9.59 Å². The Bertz CT molecular complexity index is 1380. The Hall–Kier alpha value is -4.44. The fraction of sp³-hybridized carbons (Fsp3) is 0.179. The largest absolute Gasteiger partial charge is 0.497 e. The van der Waals surface area contributed by atoms with Crippen molar-refractivity contribution in [2.75, 3.05) is 12.0 Å². The van der Waals surface area contributed by atoms with Crippen molar-refractivity contribution in [3.63, 3.8) is 0 Å². The minimum atomic E-state index is -1.76. The molecule has 2 N–H and O–H groups in total. The highest BCUT2D eigenvalue weighted by molar-refractivity contribution is 6.06. The molecule has 2 heterocycles. The van der Waals surface area contributed by atoms with E-state index >= 15 is 0 Å². The number of Topliss-reactive ketones (excluding diaryl/α,β-unsaturated/α-hetero) is 1. The van der Waals surface area contributed by atoms with Crippen LogP contribution in [0.2, 0.25) is 0 Å². The van der Waals surface area contributed by atoms with Crippen LogP contribution in [-0.2, 0) is 4.79 Å². The quantitative estimate of drug-likeness (QED) is 0.571. The third-order valence-corrected chi connectivity index (χ3v) is 6.99. The Morgan fingerprint density at radius 1 is 1.09 bits per heavy atom. The number of hydrogen-bond acceptors (Lipinski definition) is 5. The van der Waals surface area contributed by atoms with Crippen LogP contribution in [-0.4, -0.2) is 30.9 Å². The van der Waals surface area contributed by atoms with Crippen LogP contribution in [0.5, 0.6) is 5.75 Å². The number of nitrogens with two attached hydrogens (primary N) is 1. The zero-order chi connectivity index (χ0) is 24.7. The summed E-state index contributed by atoms with van der Waals surface area (Å²) in [6, 6.07) is 20.3. The molecule has 0 radical (unpaired) electrons. The highest BCUT2D eigenvalue weighted by Crippen LogP contribution is 2.55. The number of methoxy groups -OCH3 is 1. The van der Waals surface area contributed by atoms with E-state index in [9.17, 15) is 19.2 Å². The SMILES string of the molecule is COc1ccc(C2C(C(=O)c3ccccc3)N3c4ccc(F)cc4C=CC3C2(C#N)C(N)=O)cc1. The monoisotopic (exact) mass is 467 g/mol. The number of amides is 1. The second-order valence-electron chi connectivity index (χ2n) is 8.69. The lowest BCUT2D eigenvalue weighted by Gasteiger charge is -2.36. The van der Waals surface area contributed by atoms with Crippen molar-refractivity contribution in [1.82, 2.24) is 0 Å². The smallest absolute Gasteiger partial charge is 0.241 e. The second kappa shape index (κ2) is 8.41. The topological polar surface area (TPSA) is 96.4 Å². The normalized spacial score (nSPS) is 24.3. The van der Waals surface area contributed by atoms with Gasteiger partial charge in [-0.05, 0) is 35.9 Å². The summed E-state index contributed by atoms with van der Waals surface area (Å²) in [5, 5.41) is 10.5. The van der Waals surface area contributed by atoms with Crippen LogP contribution in [0.1, 0.15) is 27.4 Å². The van der Waals surface area contributed by atoms with E-state index in [1.807, 2.05) is 0 Å². The highest BCUT2D eigenvalue weighted by Gasteiger charge is 2.65. The van der Waals surface area contributed by atoms with Gasteiger partial charge in [0.15, 0.2) is 11.2 Å². The van der Waals surface area contributed by atoms with Gasteiger partial charge in [0.2, 0.25) is 5.91 Å². The zero-order valence-electron chi connectivity index (χ0n) is 18.9. The first-order valence-electron chi connectivity index (χ1n) is 11.1. The molecule has 174 valence electrons. The molecule has 2 aliphatic rings. The van der Waals surface area contributed by atoms with Gasteiger partial charge in [0, 0.05) is 22.7 Å². The number of carbonyl (C=O) groups is 2. The van der Waals surface area contributed by atoms with E-state index in [-0.39, 0.29) is 5.78 Å². The lowest BCUT2D eigenvalue weighted by Crippen LogP contribution is -2.49. The minimum absolute atomic E-state index is 0.264. The maximum Gasteiger partial charge on any atom is 0.241 e. The number of fused-ring (bicyclic) bond motifs is 3. The van der Waals surface area contributed by atoms with Gasteiger partial charge in [-0.15, -0.1) is 0 Å². The molecule has 3 aromatic carbocycles. The number of ether oxygens (including phenoxy) is 1. The fourth-order valence-corrected chi connectivity index (χ4v) is 5.42. The molecule has 4 atom stereocenters. The number of ketones is 1. The van der Waals surface area contributed by atoms with Gasteiger partial charge in [0.1, 0.15) is 17.6 Å². The van der Waals surface area contributed by atoms with Gasteiger partial charge >= 0.3 is 0 Å². The lowest BCUT2D eigenvalue weighted by atomic mass is 9.67. The predicted octanol–water partition coefficient (Wildman–Crippen LogP) is 4.08. The molecule has 4 unspecified atom stereocenters. The fourth-order valence-electron chi connectivity index (χ4n) is 5.42. The van der Waals surface area contributed by atoms with Gasteiger partial charge in [0.25, 0.3) is 0 Å². The summed E-state index contributed by atoms with van der Waals surface area (Å²) in [6.07, 6.45) is 3.35. The number of anilines is 1. The lowest BCUT2D eigenvalue weighted by molar-refractivity contribution is -0.125. The number of carbonyl (C=O) groups excluding carboxylic acids is 2. The van der Waals surface area contributed by atoms with E-state index in [1.54, 1.807) is 77.7 Å². The summed E-state index contributed by atoms with van der Waals surface area (Å²) in [6.45, 7) is 0. The van der Waals surface area contributed by atoms with Crippen molar-refractivity contribution in [2.45, 2.75) is 18.0 Å². The number of nitrogens with zero attached hydrogens (tertiary/aromatic N) is 2. The van der Waals surface area contributed by atoms with Gasteiger partial charge in [0.05, 0.1) is 19.2 Å². The summed E-state index contributed by atoms with van der Waals surface area (Å²) in [4.78, 5) is 29.0. The summed E-state index contributed by atoms with van der Waals surface area (Å²) >= 11 is 0. The van der Waals surface area contributed by atoms with Crippen molar-refractivity contribution in [3.8, 4) is 11.8 Å². The predicted molar refractivity (Wildman–Crippen MR) is 129 cm³/mol. The molecule has 5 rings (SSSR count). The third kappa shape index (κ3) is 3.29. The van der Waals surface area contributed by atoms with E-state index in [0.717, 1.165) is 0 Å². The summed E-state index contributed by atoms with van der Waals surface area (Å²) in [5.41, 5.74) is 6.36. The number of nitriles is 1. The average molecular weight is 468 g/mol. The summed E-state index contributed by atoms with van der Waals surface area (Å²) in [5.74, 6) is -1.81. The average Bonchev–Trinajstić information content (AvgIpc) is 3.20. The first kappa shape index (κ1) is 22.4. The van der Waals surface area contributed by atoms with Crippen LogP contribution in [0.3, 0.4) is 0 Å². The van der Waals surface area contributed by atoms with Crippen molar-refractivity contribution in [1.29, 1.82) is 5.26 Å². The zero-order valence-corrected chi connectivity index (χ0v) is 18.9. The Kier molecular flexibility index (Phi) is 5.37. The number of hydrogen-bond donors (Lipinski definition) is 1. The van der Waals surface area contributed by atoms with E-state index in [4.69, 9.17) is 10.5 Å². The van der Waals surface area contributed by atoms with Crippen molar-refractivity contribution >= 4 is 23.5 Å². The molecule has 0 aliphatic carbocycles. The number of benzene rings is 3. The Balaban J connectivity index is 1.80. The second-order valence-corrected chi connectivity index (χ2v) is 8.69. The first-order valence-corrected chi connectivity index (χ1v) is 11.1. The molecule has 35 heavy (non-hydrogen) atoms. The van der Waals surface area contributed by atoms with Crippen LogP contribution < -0.4 is 15.4 Å². The van der Waals surface area contributed by atoms with Crippen molar-refractivity contribution in [2.24, 2.45) is 11.1 Å². The molecule has 6 nitrogen and oxygen atoms in total. The molecule has 0 spiro atoms. The van der Waals surface area contributed by atoms with Crippen LogP contribution >= 0.6 is 0 Å². The van der Waals surface area contributed by atoms with Gasteiger partial charge in [-0.2, -0.15) is 5.26 Å². The van der Waals surface area contributed by atoms with Gasteiger partial charge in [-0.1, -0.05) is 54.6 Å². The molecule has 0 aromatic heterocycles. The Morgan fingerprint density at radius 3 is 2.43 bits per heavy atom. The molecule has 1 amide bonds. The molecule has 1 fully saturated rings. The molecule has 7 heteroatoms. The van der Waals surface area contributed by atoms with Gasteiger partial charge in [-0.25, -0.2) is 4.39 Å². The molecule has 3 aromatic rings. The van der Waals surface area contributed by atoms with Crippen LogP contribution in [0.15, 0.2) is 78.9 Å². The van der Waals surface area contributed by atoms with Gasteiger partial charge < -0.3 is 15.4 Å². The van der Waals surface area contributed by atoms with Crippen LogP contribution in [0, 0.1) is 22.6 Å². The molecular weight excluding hydrogens is 445 g/mol. The summed E-state index contributed by atoms with van der Waals surface area (Å²) < 4.78 is 19.3. The molecule has 0 bridgehead atoms.